The molecule has 0 spiro atoms. The fourth-order valence-corrected chi connectivity index (χ4v) is 1.54. The first kappa shape index (κ1) is 11.0. The predicted octanol–water partition coefficient (Wildman–Crippen LogP) is 2.49. The Morgan fingerprint density at radius 2 is 2.00 bits per heavy atom. The number of hydrogen-bond donors (Lipinski definition) is 1. The highest BCUT2D eigenvalue weighted by atomic mass is 79.9. The van der Waals surface area contributed by atoms with Gasteiger partial charge in [-0.25, -0.2) is 0 Å². The van der Waals surface area contributed by atoms with Crippen LogP contribution in [0.5, 0.6) is 0 Å². The molecule has 1 aromatic rings. The van der Waals surface area contributed by atoms with Crippen molar-refractivity contribution >= 4 is 28.3 Å². The van der Waals surface area contributed by atoms with Crippen molar-refractivity contribution in [3.8, 4) is 0 Å². The van der Waals surface area contributed by atoms with Crippen molar-refractivity contribution in [3.05, 3.63) is 34.3 Å². The molecule has 1 fully saturated rings. The second-order valence-electron chi connectivity index (χ2n) is 2.76. The van der Waals surface area contributed by atoms with Gasteiger partial charge in [-0.05, 0) is 17.7 Å². The van der Waals surface area contributed by atoms with Crippen LogP contribution in [0, 0.1) is 0 Å². The predicted molar refractivity (Wildman–Crippen MR) is 58.1 cm³/mol. The minimum Gasteiger partial charge on any atom is -0.358 e. The number of hydrogen-bond acceptors (Lipinski definition) is 2. The van der Waals surface area contributed by atoms with Crippen LogP contribution in [0.2, 0.25) is 0 Å². The van der Waals surface area contributed by atoms with E-state index in [0.717, 1.165) is 17.6 Å². The van der Waals surface area contributed by atoms with Gasteiger partial charge in [0, 0.05) is 11.0 Å². The van der Waals surface area contributed by atoms with E-state index in [9.17, 15) is 0 Å². The topological polar surface area (TPSA) is 21.3 Å². The highest BCUT2D eigenvalue weighted by molar-refractivity contribution is 9.10. The van der Waals surface area contributed by atoms with Gasteiger partial charge in [0.2, 0.25) is 0 Å². The Balaban J connectivity index is 0.000000845. The van der Waals surface area contributed by atoms with Gasteiger partial charge >= 0.3 is 0 Å². The van der Waals surface area contributed by atoms with Crippen LogP contribution in [0.4, 0.5) is 0 Å². The molecule has 0 aliphatic carbocycles. The monoisotopic (exact) mass is 263 g/mol. The number of benzene rings is 1. The van der Waals surface area contributed by atoms with Gasteiger partial charge in [-0.1, -0.05) is 28.1 Å². The first-order valence-corrected chi connectivity index (χ1v) is 4.76. The van der Waals surface area contributed by atoms with Crippen LogP contribution in [-0.4, -0.2) is 13.2 Å². The largest absolute Gasteiger partial charge is 0.358 e. The SMILES string of the molecule is Brc1ccc(C2NCCO2)cc1.Cl. The molecule has 2 rings (SSSR count). The van der Waals surface area contributed by atoms with E-state index in [1.54, 1.807) is 0 Å². The molecule has 0 bridgehead atoms. The standard InChI is InChI=1S/C9H10BrNO.ClH/c10-8-3-1-7(2-4-8)9-11-5-6-12-9;/h1-4,9,11H,5-6H2;1H. The molecule has 0 radical (unpaired) electrons. The van der Waals surface area contributed by atoms with E-state index in [-0.39, 0.29) is 18.6 Å². The molecular formula is C9H11BrClNO. The molecule has 1 atom stereocenters. The molecule has 1 unspecified atom stereocenters. The van der Waals surface area contributed by atoms with Gasteiger partial charge < -0.3 is 4.74 Å². The molecule has 1 aromatic carbocycles. The van der Waals surface area contributed by atoms with Crippen molar-refractivity contribution in [1.29, 1.82) is 0 Å². The van der Waals surface area contributed by atoms with E-state index in [1.807, 2.05) is 12.1 Å². The average Bonchev–Trinajstić information content (AvgIpc) is 2.58. The fourth-order valence-electron chi connectivity index (χ4n) is 1.28. The number of halogens is 2. The summed E-state index contributed by atoms with van der Waals surface area (Å²) >= 11 is 3.39. The van der Waals surface area contributed by atoms with E-state index < -0.39 is 0 Å². The molecule has 2 nitrogen and oxygen atoms in total. The Bertz CT molecular complexity index is 259. The van der Waals surface area contributed by atoms with E-state index >= 15 is 0 Å². The lowest BCUT2D eigenvalue weighted by molar-refractivity contribution is 0.102. The van der Waals surface area contributed by atoms with E-state index in [1.165, 1.54) is 5.56 Å². The lowest BCUT2D eigenvalue weighted by Crippen LogP contribution is -2.13. The maximum Gasteiger partial charge on any atom is 0.134 e. The van der Waals surface area contributed by atoms with E-state index in [0.29, 0.717) is 0 Å². The highest BCUT2D eigenvalue weighted by Gasteiger charge is 2.15. The summed E-state index contributed by atoms with van der Waals surface area (Å²) < 4.78 is 6.55. The molecule has 0 saturated carbocycles. The molecule has 1 saturated heterocycles. The van der Waals surface area contributed by atoms with Crippen LogP contribution < -0.4 is 5.32 Å². The normalized spacial score (nSPS) is 21.2. The van der Waals surface area contributed by atoms with Gasteiger partial charge in [0.25, 0.3) is 0 Å². The fraction of sp³-hybridized carbons (Fsp3) is 0.333. The average molecular weight is 265 g/mol. The van der Waals surface area contributed by atoms with Crippen molar-refractivity contribution in [2.45, 2.75) is 6.23 Å². The van der Waals surface area contributed by atoms with Crippen LogP contribution in [0.25, 0.3) is 0 Å². The maximum atomic E-state index is 5.45. The molecule has 1 aliphatic heterocycles. The van der Waals surface area contributed by atoms with Crippen LogP contribution in [0.1, 0.15) is 11.8 Å². The summed E-state index contributed by atoms with van der Waals surface area (Å²) in [7, 11) is 0. The minimum absolute atomic E-state index is 0. The third-order valence-corrected chi connectivity index (χ3v) is 2.42. The summed E-state index contributed by atoms with van der Waals surface area (Å²) in [6, 6.07) is 8.18. The zero-order valence-electron chi connectivity index (χ0n) is 7.00. The molecule has 1 heterocycles. The first-order valence-electron chi connectivity index (χ1n) is 3.97. The molecule has 4 heteroatoms. The molecule has 1 N–H and O–H groups in total. The first-order chi connectivity index (χ1) is 5.86. The van der Waals surface area contributed by atoms with Gasteiger partial charge in [-0.3, -0.25) is 5.32 Å². The molecule has 13 heavy (non-hydrogen) atoms. The summed E-state index contributed by atoms with van der Waals surface area (Å²) in [4.78, 5) is 0. The lowest BCUT2D eigenvalue weighted by atomic mass is 10.2. The highest BCUT2D eigenvalue weighted by Crippen LogP contribution is 2.19. The summed E-state index contributed by atoms with van der Waals surface area (Å²) in [5, 5.41) is 3.25. The van der Waals surface area contributed by atoms with Gasteiger partial charge in [0.1, 0.15) is 6.23 Å². The third kappa shape index (κ3) is 2.68. The second kappa shape index (κ2) is 4.96. The van der Waals surface area contributed by atoms with Crippen LogP contribution in [0.3, 0.4) is 0 Å². The van der Waals surface area contributed by atoms with Crippen LogP contribution >= 0.6 is 28.3 Å². The third-order valence-electron chi connectivity index (χ3n) is 1.89. The lowest BCUT2D eigenvalue weighted by Gasteiger charge is -2.09. The van der Waals surface area contributed by atoms with Crippen molar-refractivity contribution in [1.82, 2.24) is 5.32 Å². The molecular weight excluding hydrogens is 253 g/mol. The number of rotatable bonds is 1. The van der Waals surface area contributed by atoms with Crippen LogP contribution in [0.15, 0.2) is 28.7 Å². The number of nitrogens with one attached hydrogen (secondary N) is 1. The van der Waals surface area contributed by atoms with Gasteiger partial charge in [0.15, 0.2) is 0 Å². The van der Waals surface area contributed by atoms with Gasteiger partial charge in [-0.2, -0.15) is 0 Å². The summed E-state index contributed by atoms with van der Waals surface area (Å²) in [5.74, 6) is 0. The van der Waals surface area contributed by atoms with Gasteiger partial charge in [-0.15, -0.1) is 12.4 Å². The van der Waals surface area contributed by atoms with Crippen molar-refractivity contribution in [2.24, 2.45) is 0 Å². The smallest absolute Gasteiger partial charge is 0.134 e. The Morgan fingerprint density at radius 3 is 2.54 bits per heavy atom. The quantitative estimate of drug-likeness (QED) is 0.841. The Kier molecular flexibility index (Phi) is 4.19. The van der Waals surface area contributed by atoms with E-state index in [4.69, 9.17) is 4.74 Å². The zero-order valence-corrected chi connectivity index (χ0v) is 9.40. The van der Waals surface area contributed by atoms with Crippen LogP contribution in [-0.2, 0) is 4.74 Å². The molecule has 0 amide bonds. The molecule has 0 aromatic heterocycles. The summed E-state index contributed by atoms with van der Waals surface area (Å²) in [6.07, 6.45) is 0.0955. The summed E-state index contributed by atoms with van der Waals surface area (Å²) in [6.45, 7) is 1.75. The maximum absolute atomic E-state index is 5.45. The van der Waals surface area contributed by atoms with Crippen molar-refractivity contribution < 1.29 is 4.74 Å². The number of ether oxygens (including phenoxy) is 1. The van der Waals surface area contributed by atoms with Crippen molar-refractivity contribution in [3.63, 3.8) is 0 Å². The Hall–Kier alpha value is -0.0900. The van der Waals surface area contributed by atoms with E-state index in [2.05, 4.69) is 33.4 Å². The molecule has 1 aliphatic rings. The Morgan fingerprint density at radius 1 is 1.31 bits per heavy atom. The summed E-state index contributed by atoms with van der Waals surface area (Å²) in [5.41, 5.74) is 1.19. The minimum atomic E-state index is 0. The van der Waals surface area contributed by atoms with Crippen molar-refractivity contribution in [2.75, 3.05) is 13.2 Å². The Labute approximate surface area is 92.2 Å². The second-order valence-corrected chi connectivity index (χ2v) is 3.67. The molecule has 72 valence electrons. The zero-order chi connectivity index (χ0) is 8.39. The van der Waals surface area contributed by atoms with Gasteiger partial charge in [0.05, 0.1) is 6.61 Å².